The SMILES string of the molecule is O=C1NC(=O)C2(CCC(Nc3cc(CO)ccc3[N+](=O)[O-])CC2)N1. The Morgan fingerprint density at radius 1 is 1.33 bits per heavy atom. The zero-order chi connectivity index (χ0) is 17.3. The monoisotopic (exact) mass is 334 g/mol. The van der Waals surface area contributed by atoms with Gasteiger partial charge in [0.15, 0.2) is 0 Å². The largest absolute Gasteiger partial charge is 0.392 e. The molecule has 1 aliphatic carbocycles. The zero-order valence-electron chi connectivity index (χ0n) is 12.9. The van der Waals surface area contributed by atoms with Gasteiger partial charge in [0.1, 0.15) is 11.2 Å². The Bertz CT molecular complexity index is 697. The van der Waals surface area contributed by atoms with Gasteiger partial charge in [-0.25, -0.2) is 4.79 Å². The molecule has 0 bridgehead atoms. The average Bonchev–Trinajstić information content (AvgIpc) is 2.83. The quantitative estimate of drug-likeness (QED) is 0.369. The standard InChI is InChI=1S/C15H18N4O5/c20-8-9-1-2-12(19(23)24)11(7-9)16-10-3-5-15(6-4-10)13(21)17-14(22)18-15/h1-2,7,10,16,20H,3-6,8H2,(H2,17,18,21,22). The first-order valence-electron chi connectivity index (χ1n) is 7.72. The number of aliphatic hydroxyl groups excluding tert-OH is 1. The first kappa shape index (κ1) is 16.2. The van der Waals surface area contributed by atoms with Gasteiger partial charge in [-0.1, -0.05) is 0 Å². The smallest absolute Gasteiger partial charge is 0.322 e. The second kappa shape index (κ2) is 6.08. The molecule has 24 heavy (non-hydrogen) atoms. The predicted octanol–water partition coefficient (Wildman–Crippen LogP) is 1.02. The molecule has 1 spiro atoms. The predicted molar refractivity (Wildman–Crippen MR) is 84.3 cm³/mol. The number of nitrogens with one attached hydrogen (secondary N) is 3. The second-order valence-corrected chi connectivity index (χ2v) is 6.18. The Morgan fingerprint density at radius 3 is 2.58 bits per heavy atom. The molecular formula is C15H18N4O5. The summed E-state index contributed by atoms with van der Waals surface area (Å²) in [6.45, 7) is -0.202. The fraction of sp³-hybridized carbons (Fsp3) is 0.467. The number of urea groups is 1. The number of nitro groups is 1. The van der Waals surface area contributed by atoms with Crippen LogP contribution in [0.15, 0.2) is 18.2 Å². The van der Waals surface area contributed by atoms with E-state index in [1.54, 1.807) is 6.07 Å². The molecule has 9 nitrogen and oxygen atoms in total. The van der Waals surface area contributed by atoms with E-state index in [0.29, 0.717) is 36.9 Å². The molecule has 0 aromatic heterocycles. The Labute approximate surface area is 137 Å². The van der Waals surface area contributed by atoms with Crippen molar-refractivity contribution in [3.05, 3.63) is 33.9 Å². The summed E-state index contributed by atoms with van der Waals surface area (Å²) in [5.41, 5.74) is 0.0262. The second-order valence-electron chi connectivity index (χ2n) is 6.18. The van der Waals surface area contributed by atoms with Crippen molar-refractivity contribution >= 4 is 23.3 Å². The molecule has 1 aromatic carbocycles. The minimum Gasteiger partial charge on any atom is -0.392 e. The van der Waals surface area contributed by atoms with Crippen LogP contribution in [0, 0.1) is 10.1 Å². The van der Waals surface area contributed by atoms with Crippen LogP contribution in [0.25, 0.3) is 0 Å². The Morgan fingerprint density at radius 2 is 2.04 bits per heavy atom. The normalized spacial score (nSPS) is 26.1. The highest BCUT2D eigenvalue weighted by Crippen LogP contribution is 2.34. The number of anilines is 1. The van der Waals surface area contributed by atoms with Crippen molar-refractivity contribution in [3.8, 4) is 0 Å². The van der Waals surface area contributed by atoms with Gasteiger partial charge >= 0.3 is 6.03 Å². The Hall–Kier alpha value is -2.68. The van der Waals surface area contributed by atoms with Crippen LogP contribution in [0.4, 0.5) is 16.2 Å². The number of hydrogen-bond donors (Lipinski definition) is 4. The summed E-state index contributed by atoms with van der Waals surface area (Å²) in [4.78, 5) is 33.9. The van der Waals surface area contributed by atoms with Crippen LogP contribution in [-0.2, 0) is 11.4 Å². The number of nitro benzene ring substituents is 1. The molecule has 3 amide bonds. The minimum atomic E-state index is -0.853. The van der Waals surface area contributed by atoms with Crippen molar-refractivity contribution in [3.63, 3.8) is 0 Å². The van der Waals surface area contributed by atoms with E-state index in [4.69, 9.17) is 0 Å². The molecule has 1 heterocycles. The third-order valence-corrected chi connectivity index (χ3v) is 4.65. The lowest BCUT2D eigenvalue weighted by molar-refractivity contribution is -0.384. The van der Waals surface area contributed by atoms with E-state index in [1.807, 2.05) is 0 Å². The van der Waals surface area contributed by atoms with Crippen LogP contribution in [0.5, 0.6) is 0 Å². The number of carbonyl (C=O) groups is 2. The van der Waals surface area contributed by atoms with Crippen LogP contribution in [0.1, 0.15) is 31.2 Å². The summed E-state index contributed by atoms with van der Waals surface area (Å²) >= 11 is 0. The summed E-state index contributed by atoms with van der Waals surface area (Å²) in [5, 5.41) is 28.4. The highest BCUT2D eigenvalue weighted by atomic mass is 16.6. The molecule has 0 atom stereocenters. The summed E-state index contributed by atoms with van der Waals surface area (Å²) in [6.07, 6.45) is 2.12. The van der Waals surface area contributed by atoms with Crippen molar-refractivity contribution in [2.45, 2.75) is 43.9 Å². The average molecular weight is 334 g/mol. The lowest BCUT2D eigenvalue weighted by atomic mass is 9.79. The van der Waals surface area contributed by atoms with E-state index in [2.05, 4.69) is 16.0 Å². The summed E-state index contributed by atoms with van der Waals surface area (Å²) in [7, 11) is 0. The lowest BCUT2D eigenvalue weighted by Crippen LogP contribution is -2.51. The number of hydrogen-bond acceptors (Lipinski definition) is 6. The van der Waals surface area contributed by atoms with Crippen LogP contribution >= 0.6 is 0 Å². The molecule has 4 N–H and O–H groups in total. The van der Waals surface area contributed by atoms with Gasteiger partial charge in [-0.2, -0.15) is 0 Å². The maximum absolute atomic E-state index is 11.9. The lowest BCUT2D eigenvalue weighted by Gasteiger charge is -2.35. The number of imide groups is 1. The number of carbonyl (C=O) groups excluding carboxylic acids is 2. The Kier molecular flexibility index (Phi) is 4.10. The molecule has 0 unspecified atom stereocenters. The number of amides is 3. The molecule has 1 saturated carbocycles. The van der Waals surface area contributed by atoms with E-state index in [1.165, 1.54) is 12.1 Å². The van der Waals surface area contributed by atoms with Gasteiger partial charge < -0.3 is 15.7 Å². The highest BCUT2D eigenvalue weighted by molar-refractivity contribution is 6.07. The van der Waals surface area contributed by atoms with Crippen LogP contribution in [-0.4, -0.2) is 33.5 Å². The molecule has 0 radical (unpaired) electrons. The zero-order valence-corrected chi connectivity index (χ0v) is 12.9. The summed E-state index contributed by atoms with van der Waals surface area (Å²) in [5.74, 6) is -0.306. The topological polar surface area (TPSA) is 134 Å². The number of benzene rings is 1. The molecule has 2 fully saturated rings. The number of nitrogens with zero attached hydrogens (tertiary/aromatic N) is 1. The maximum atomic E-state index is 11.9. The molecule has 1 aromatic rings. The van der Waals surface area contributed by atoms with Crippen molar-refractivity contribution in [2.75, 3.05) is 5.32 Å². The van der Waals surface area contributed by atoms with Gasteiger partial charge in [-0.3, -0.25) is 20.2 Å². The van der Waals surface area contributed by atoms with E-state index in [0.717, 1.165) is 0 Å². The van der Waals surface area contributed by atoms with E-state index in [-0.39, 0.29) is 24.2 Å². The number of rotatable bonds is 4. The molecule has 1 aliphatic heterocycles. The van der Waals surface area contributed by atoms with Gasteiger partial charge in [-0.05, 0) is 43.4 Å². The van der Waals surface area contributed by atoms with Crippen LogP contribution < -0.4 is 16.0 Å². The van der Waals surface area contributed by atoms with E-state index < -0.39 is 16.5 Å². The fourth-order valence-corrected chi connectivity index (χ4v) is 3.31. The van der Waals surface area contributed by atoms with Gasteiger partial charge in [0.05, 0.1) is 11.5 Å². The molecule has 2 aliphatic rings. The molecule has 1 saturated heterocycles. The summed E-state index contributed by atoms with van der Waals surface area (Å²) < 4.78 is 0. The van der Waals surface area contributed by atoms with Crippen molar-refractivity contribution in [1.82, 2.24) is 10.6 Å². The summed E-state index contributed by atoms with van der Waals surface area (Å²) in [6, 6.07) is 3.92. The third kappa shape index (κ3) is 2.90. The molecule has 3 rings (SSSR count). The van der Waals surface area contributed by atoms with E-state index in [9.17, 15) is 24.8 Å². The van der Waals surface area contributed by atoms with Gasteiger partial charge in [-0.15, -0.1) is 0 Å². The van der Waals surface area contributed by atoms with Gasteiger partial charge in [0.25, 0.3) is 11.6 Å². The fourth-order valence-electron chi connectivity index (χ4n) is 3.31. The number of aliphatic hydroxyl groups is 1. The first-order valence-corrected chi connectivity index (χ1v) is 7.72. The van der Waals surface area contributed by atoms with Crippen LogP contribution in [0.3, 0.4) is 0 Å². The van der Waals surface area contributed by atoms with Gasteiger partial charge in [0, 0.05) is 12.1 Å². The van der Waals surface area contributed by atoms with Gasteiger partial charge in [0.2, 0.25) is 0 Å². The van der Waals surface area contributed by atoms with Crippen molar-refractivity contribution < 1.29 is 19.6 Å². The minimum absolute atomic E-state index is 0.0476. The molecule has 9 heteroatoms. The van der Waals surface area contributed by atoms with E-state index >= 15 is 0 Å². The highest BCUT2D eigenvalue weighted by Gasteiger charge is 2.48. The van der Waals surface area contributed by atoms with Crippen molar-refractivity contribution in [2.24, 2.45) is 0 Å². The van der Waals surface area contributed by atoms with Crippen molar-refractivity contribution in [1.29, 1.82) is 0 Å². The molecule has 128 valence electrons. The molecular weight excluding hydrogens is 316 g/mol. The maximum Gasteiger partial charge on any atom is 0.322 e. The Balaban J connectivity index is 1.71. The third-order valence-electron chi connectivity index (χ3n) is 4.65. The first-order chi connectivity index (χ1) is 11.4. The van der Waals surface area contributed by atoms with Crippen LogP contribution in [0.2, 0.25) is 0 Å².